The molecule has 1 aliphatic rings. The summed E-state index contributed by atoms with van der Waals surface area (Å²) in [5.74, 6) is 1.91. The Labute approximate surface area is 298 Å². The molecule has 2 aromatic heterocycles. The fourth-order valence-electron chi connectivity index (χ4n) is 7.31. The van der Waals surface area contributed by atoms with E-state index < -0.39 is 0 Å². The predicted octanol–water partition coefficient (Wildman–Crippen LogP) is 11.6. The van der Waals surface area contributed by atoms with E-state index in [2.05, 4.69) is 134 Å². The van der Waals surface area contributed by atoms with Crippen LogP contribution >= 0.6 is 0 Å². The van der Waals surface area contributed by atoms with E-state index in [0.717, 1.165) is 38.9 Å². The third-order valence-corrected chi connectivity index (χ3v) is 10.1. The van der Waals surface area contributed by atoms with E-state index >= 15 is 0 Å². The van der Waals surface area contributed by atoms with Gasteiger partial charge in [-0.15, -0.1) is 0 Å². The van der Waals surface area contributed by atoms with Crippen LogP contribution in [0.4, 0.5) is 0 Å². The highest BCUT2D eigenvalue weighted by Crippen LogP contribution is 2.49. The number of aromatic nitrogens is 4. The predicted molar refractivity (Wildman–Crippen MR) is 208 cm³/mol. The molecule has 0 unspecified atom stereocenters. The summed E-state index contributed by atoms with van der Waals surface area (Å²) in [4.78, 5) is 19.1. The second-order valence-corrected chi connectivity index (χ2v) is 13.6. The zero-order chi connectivity index (χ0) is 34.4. The monoisotopic (exact) mass is 654 g/mol. The van der Waals surface area contributed by atoms with Gasteiger partial charge in [-0.2, -0.15) is 0 Å². The van der Waals surface area contributed by atoms with Crippen molar-refractivity contribution in [3.63, 3.8) is 0 Å². The lowest BCUT2D eigenvalue weighted by Gasteiger charge is -2.22. The van der Waals surface area contributed by atoms with Crippen LogP contribution in [-0.2, 0) is 5.41 Å². The Bertz CT molecular complexity index is 2540. The Hall–Kier alpha value is -6.52. The molecule has 0 bridgehead atoms. The molecule has 9 rings (SSSR count). The molecule has 2 heterocycles. The molecular formula is C47H34N4. The highest BCUT2D eigenvalue weighted by Gasteiger charge is 2.35. The fourth-order valence-corrected chi connectivity index (χ4v) is 7.31. The Balaban J connectivity index is 1.08. The first-order valence-electron chi connectivity index (χ1n) is 17.3. The summed E-state index contributed by atoms with van der Waals surface area (Å²) in [5, 5.41) is 0. The van der Waals surface area contributed by atoms with Crippen molar-refractivity contribution in [2.75, 3.05) is 0 Å². The van der Waals surface area contributed by atoms with Crippen LogP contribution in [-0.4, -0.2) is 19.9 Å². The molecule has 51 heavy (non-hydrogen) atoms. The Morgan fingerprint density at radius 2 is 0.784 bits per heavy atom. The topological polar surface area (TPSA) is 51.6 Å². The summed E-state index contributed by atoms with van der Waals surface area (Å²) >= 11 is 0. The van der Waals surface area contributed by atoms with E-state index in [4.69, 9.17) is 15.0 Å². The molecule has 0 radical (unpaired) electrons. The molecule has 0 N–H and O–H groups in total. The summed E-state index contributed by atoms with van der Waals surface area (Å²) in [5.41, 5.74) is 15.1. The molecule has 242 valence electrons. The molecule has 4 heteroatoms. The average molecular weight is 655 g/mol. The van der Waals surface area contributed by atoms with Gasteiger partial charge < -0.3 is 0 Å². The van der Waals surface area contributed by atoms with E-state index in [1.54, 1.807) is 0 Å². The quantitative estimate of drug-likeness (QED) is 0.179. The molecule has 0 amide bonds. The molecule has 4 nitrogen and oxygen atoms in total. The molecule has 0 fully saturated rings. The van der Waals surface area contributed by atoms with E-state index in [-0.39, 0.29) is 5.41 Å². The van der Waals surface area contributed by atoms with Crippen LogP contribution in [0.3, 0.4) is 0 Å². The van der Waals surface area contributed by atoms with Crippen LogP contribution in [0.1, 0.15) is 25.0 Å². The molecule has 0 spiro atoms. The Morgan fingerprint density at radius 1 is 0.333 bits per heavy atom. The van der Waals surface area contributed by atoms with Gasteiger partial charge in [-0.05, 0) is 86.0 Å². The second-order valence-electron chi connectivity index (χ2n) is 13.6. The van der Waals surface area contributed by atoms with E-state index in [0.29, 0.717) is 17.5 Å². The maximum Gasteiger partial charge on any atom is 0.164 e. The van der Waals surface area contributed by atoms with E-state index in [1.807, 2.05) is 54.9 Å². The number of hydrogen-bond acceptors (Lipinski definition) is 4. The first-order valence-corrected chi connectivity index (χ1v) is 17.3. The number of rotatable bonds is 6. The van der Waals surface area contributed by atoms with Crippen molar-refractivity contribution < 1.29 is 0 Å². The van der Waals surface area contributed by atoms with Crippen LogP contribution in [0.25, 0.3) is 78.7 Å². The number of pyridine rings is 1. The third kappa shape index (κ3) is 5.61. The molecule has 0 saturated heterocycles. The zero-order valence-electron chi connectivity index (χ0n) is 28.5. The third-order valence-electron chi connectivity index (χ3n) is 10.1. The number of nitrogens with zero attached hydrogens (tertiary/aromatic N) is 4. The maximum atomic E-state index is 5.03. The number of benzene rings is 6. The van der Waals surface area contributed by atoms with E-state index in [1.165, 1.54) is 33.4 Å². The van der Waals surface area contributed by atoms with Gasteiger partial charge in [0.15, 0.2) is 17.5 Å². The standard InChI is InChI=1S/C47H34N4/c1-47(2)42-17-7-6-16-40(42)41-23-22-38(30-43(41)47)36-13-8-12-35(28-36)37-14-9-15-39(29-37)46-50-44(33-10-4-3-5-11-33)49-45(51-46)34-20-18-31(19-21-34)32-24-26-48-27-25-32/h3-30H,1-2H3. The lowest BCUT2D eigenvalue weighted by Crippen LogP contribution is -2.14. The van der Waals surface area contributed by atoms with Crippen LogP contribution in [0, 0.1) is 0 Å². The van der Waals surface area contributed by atoms with Crippen molar-refractivity contribution in [2.45, 2.75) is 19.3 Å². The van der Waals surface area contributed by atoms with Crippen LogP contribution in [0.5, 0.6) is 0 Å². The summed E-state index contributed by atoms with van der Waals surface area (Å²) in [6, 6.07) is 55.5. The first-order chi connectivity index (χ1) is 25.0. The van der Waals surface area contributed by atoms with Crippen molar-refractivity contribution in [3.8, 4) is 78.7 Å². The fraction of sp³-hybridized carbons (Fsp3) is 0.0638. The highest BCUT2D eigenvalue weighted by atomic mass is 15.0. The van der Waals surface area contributed by atoms with Crippen molar-refractivity contribution in [1.29, 1.82) is 0 Å². The van der Waals surface area contributed by atoms with Gasteiger partial charge in [0, 0.05) is 34.5 Å². The molecule has 0 saturated carbocycles. The summed E-state index contributed by atoms with van der Waals surface area (Å²) < 4.78 is 0. The van der Waals surface area contributed by atoms with Crippen LogP contribution in [0.2, 0.25) is 0 Å². The molecule has 1 aliphatic carbocycles. The van der Waals surface area contributed by atoms with Crippen LogP contribution in [0.15, 0.2) is 170 Å². The molecule has 6 aromatic carbocycles. The van der Waals surface area contributed by atoms with Crippen molar-refractivity contribution in [1.82, 2.24) is 19.9 Å². The number of fused-ring (bicyclic) bond motifs is 3. The van der Waals surface area contributed by atoms with Gasteiger partial charge in [-0.25, -0.2) is 15.0 Å². The SMILES string of the molecule is CC1(C)c2ccccc2-c2ccc(-c3cccc(-c4cccc(-c5nc(-c6ccccc6)nc(-c6ccc(-c7ccncc7)cc6)n5)c4)c3)cc21. The maximum absolute atomic E-state index is 5.03. The minimum Gasteiger partial charge on any atom is -0.265 e. The lowest BCUT2D eigenvalue weighted by atomic mass is 9.81. The van der Waals surface area contributed by atoms with Gasteiger partial charge in [0.1, 0.15) is 0 Å². The molecular weight excluding hydrogens is 621 g/mol. The smallest absolute Gasteiger partial charge is 0.164 e. The van der Waals surface area contributed by atoms with Crippen molar-refractivity contribution >= 4 is 0 Å². The summed E-state index contributed by atoms with van der Waals surface area (Å²) in [6.07, 6.45) is 3.62. The first kappa shape index (κ1) is 30.5. The van der Waals surface area contributed by atoms with Gasteiger partial charge >= 0.3 is 0 Å². The normalized spacial score (nSPS) is 12.7. The highest BCUT2D eigenvalue weighted by molar-refractivity contribution is 5.84. The minimum absolute atomic E-state index is 0.0441. The molecule has 8 aromatic rings. The second kappa shape index (κ2) is 12.4. The average Bonchev–Trinajstić information content (AvgIpc) is 3.44. The van der Waals surface area contributed by atoms with Crippen LogP contribution < -0.4 is 0 Å². The number of hydrogen-bond donors (Lipinski definition) is 0. The Morgan fingerprint density at radius 3 is 1.47 bits per heavy atom. The Kier molecular flexibility index (Phi) is 7.44. The van der Waals surface area contributed by atoms with Gasteiger partial charge in [0.2, 0.25) is 0 Å². The summed E-state index contributed by atoms with van der Waals surface area (Å²) in [6.45, 7) is 4.66. The van der Waals surface area contributed by atoms with Gasteiger partial charge in [-0.1, -0.05) is 141 Å². The van der Waals surface area contributed by atoms with E-state index in [9.17, 15) is 0 Å². The van der Waals surface area contributed by atoms with Crippen molar-refractivity contribution in [2.24, 2.45) is 0 Å². The van der Waals surface area contributed by atoms with Crippen molar-refractivity contribution in [3.05, 3.63) is 181 Å². The molecule has 0 aliphatic heterocycles. The van der Waals surface area contributed by atoms with Gasteiger partial charge in [-0.3, -0.25) is 4.98 Å². The minimum atomic E-state index is -0.0441. The lowest BCUT2D eigenvalue weighted by molar-refractivity contribution is 0.660. The summed E-state index contributed by atoms with van der Waals surface area (Å²) in [7, 11) is 0. The van der Waals surface area contributed by atoms with Gasteiger partial charge in [0.05, 0.1) is 0 Å². The largest absolute Gasteiger partial charge is 0.265 e. The molecule has 0 atom stereocenters. The van der Waals surface area contributed by atoms with Gasteiger partial charge in [0.25, 0.3) is 0 Å². The zero-order valence-corrected chi connectivity index (χ0v) is 28.5.